The van der Waals surface area contributed by atoms with Gasteiger partial charge in [-0.15, -0.1) is 0 Å². The van der Waals surface area contributed by atoms with Gasteiger partial charge in [0.05, 0.1) is 12.2 Å². The maximum atomic E-state index is 12.8. The number of ether oxygens (including phenoxy) is 1. The highest BCUT2D eigenvalue weighted by Gasteiger charge is 2.30. The fraction of sp³-hybridized carbons (Fsp3) is 0.640. The van der Waals surface area contributed by atoms with Gasteiger partial charge in [-0.3, -0.25) is 9.59 Å². The van der Waals surface area contributed by atoms with E-state index in [9.17, 15) is 14.4 Å². The number of likely N-dealkylation sites (tertiary alicyclic amines) is 2. The van der Waals surface area contributed by atoms with Crippen molar-refractivity contribution in [3.63, 3.8) is 0 Å². The third-order valence-corrected chi connectivity index (χ3v) is 6.89. The second-order valence-electron chi connectivity index (χ2n) is 9.62. The SMILES string of the molecule is CC1CN(C(=O)c2ccc(CNC(=O)C3CCN(C(=O)N4CCCC4)CC3)cc2)CC(C)O1. The number of hydrogen-bond donors (Lipinski definition) is 1. The van der Waals surface area contributed by atoms with Crippen molar-refractivity contribution in [2.24, 2.45) is 5.92 Å². The van der Waals surface area contributed by atoms with Gasteiger partial charge in [0.15, 0.2) is 0 Å². The summed E-state index contributed by atoms with van der Waals surface area (Å²) in [6.07, 6.45) is 3.66. The minimum atomic E-state index is -0.0567. The van der Waals surface area contributed by atoms with Crippen LogP contribution in [0.5, 0.6) is 0 Å². The molecule has 1 aromatic carbocycles. The molecule has 8 heteroatoms. The molecular weight excluding hydrogens is 420 g/mol. The fourth-order valence-corrected chi connectivity index (χ4v) is 5.07. The van der Waals surface area contributed by atoms with Crippen LogP contribution in [0.2, 0.25) is 0 Å². The van der Waals surface area contributed by atoms with E-state index in [-0.39, 0.29) is 36.0 Å². The summed E-state index contributed by atoms with van der Waals surface area (Å²) in [6, 6.07) is 7.59. The zero-order valence-electron chi connectivity index (χ0n) is 19.8. The van der Waals surface area contributed by atoms with Crippen LogP contribution in [0.3, 0.4) is 0 Å². The molecule has 4 amide bonds. The molecule has 2 unspecified atom stereocenters. The highest BCUT2D eigenvalue weighted by Crippen LogP contribution is 2.21. The summed E-state index contributed by atoms with van der Waals surface area (Å²) < 4.78 is 5.71. The molecule has 0 aromatic heterocycles. The van der Waals surface area contributed by atoms with Crippen LogP contribution in [0.1, 0.15) is 55.5 Å². The van der Waals surface area contributed by atoms with Crippen LogP contribution in [0.15, 0.2) is 24.3 Å². The molecule has 0 aliphatic carbocycles. The lowest BCUT2D eigenvalue weighted by atomic mass is 9.96. The molecule has 0 radical (unpaired) electrons. The van der Waals surface area contributed by atoms with E-state index in [1.54, 1.807) is 0 Å². The largest absolute Gasteiger partial charge is 0.372 e. The Morgan fingerprint density at radius 1 is 0.879 bits per heavy atom. The van der Waals surface area contributed by atoms with Crippen LogP contribution in [-0.4, -0.2) is 84.0 Å². The molecule has 4 rings (SSSR count). The molecule has 1 aromatic rings. The van der Waals surface area contributed by atoms with Crippen LogP contribution >= 0.6 is 0 Å². The molecule has 3 saturated heterocycles. The Morgan fingerprint density at radius 2 is 1.45 bits per heavy atom. The van der Waals surface area contributed by atoms with Crippen molar-refractivity contribution in [3.05, 3.63) is 35.4 Å². The van der Waals surface area contributed by atoms with Gasteiger partial charge >= 0.3 is 6.03 Å². The summed E-state index contributed by atoms with van der Waals surface area (Å²) in [6.45, 7) is 8.60. The smallest absolute Gasteiger partial charge is 0.319 e. The zero-order chi connectivity index (χ0) is 23.4. The van der Waals surface area contributed by atoms with Crippen LogP contribution in [0.25, 0.3) is 0 Å². The predicted octanol–water partition coefficient (Wildman–Crippen LogP) is 2.48. The van der Waals surface area contributed by atoms with Crippen molar-refractivity contribution >= 4 is 17.8 Å². The summed E-state index contributed by atoms with van der Waals surface area (Å²) in [5.41, 5.74) is 1.62. The molecule has 3 heterocycles. The van der Waals surface area contributed by atoms with Gasteiger partial charge in [-0.05, 0) is 57.2 Å². The van der Waals surface area contributed by atoms with Crippen LogP contribution in [-0.2, 0) is 16.1 Å². The van der Waals surface area contributed by atoms with E-state index < -0.39 is 0 Å². The van der Waals surface area contributed by atoms with Gasteiger partial charge in [0.2, 0.25) is 5.91 Å². The minimum absolute atomic E-state index is 0.0165. The van der Waals surface area contributed by atoms with Crippen molar-refractivity contribution in [2.75, 3.05) is 39.3 Å². The van der Waals surface area contributed by atoms with Crippen molar-refractivity contribution in [2.45, 2.75) is 58.3 Å². The minimum Gasteiger partial charge on any atom is -0.372 e. The van der Waals surface area contributed by atoms with Crippen LogP contribution in [0, 0.1) is 5.92 Å². The molecule has 8 nitrogen and oxygen atoms in total. The first-order valence-corrected chi connectivity index (χ1v) is 12.3. The highest BCUT2D eigenvalue weighted by molar-refractivity contribution is 5.94. The zero-order valence-corrected chi connectivity index (χ0v) is 19.8. The number of urea groups is 1. The molecule has 1 N–H and O–H groups in total. The summed E-state index contributed by atoms with van der Waals surface area (Å²) in [5, 5.41) is 3.03. The van der Waals surface area contributed by atoms with Crippen LogP contribution in [0.4, 0.5) is 4.79 Å². The summed E-state index contributed by atoms with van der Waals surface area (Å²) in [5.74, 6) is 0.00122. The highest BCUT2D eigenvalue weighted by atomic mass is 16.5. The van der Waals surface area contributed by atoms with Crippen molar-refractivity contribution in [3.8, 4) is 0 Å². The molecule has 0 saturated carbocycles. The van der Waals surface area contributed by atoms with Crippen LogP contribution < -0.4 is 5.32 Å². The number of morpholine rings is 1. The third kappa shape index (κ3) is 5.85. The topological polar surface area (TPSA) is 82.2 Å². The number of nitrogens with zero attached hydrogens (tertiary/aromatic N) is 3. The Bertz CT molecular complexity index is 834. The number of rotatable bonds is 4. The molecule has 3 fully saturated rings. The number of piperidine rings is 1. The second kappa shape index (κ2) is 10.5. The van der Waals surface area contributed by atoms with E-state index in [0.717, 1.165) is 31.5 Å². The lowest BCUT2D eigenvalue weighted by molar-refractivity contribution is -0.126. The second-order valence-corrected chi connectivity index (χ2v) is 9.62. The van der Waals surface area contributed by atoms with Crippen molar-refractivity contribution < 1.29 is 19.1 Å². The molecule has 33 heavy (non-hydrogen) atoms. The van der Waals surface area contributed by atoms with Gasteiger partial charge in [-0.1, -0.05) is 12.1 Å². The van der Waals surface area contributed by atoms with Gasteiger partial charge in [0.25, 0.3) is 5.91 Å². The molecular formula is C25H36N4O4. The van der Waals surface area contributed by atoms with Gasteiger partial charge in [0, 0.05) is 57.3 Å². The Hall–Kier alpha value is -2.61. The quantitative estimate of drug-likeness (QED) is 0.755. The summed E-state index contributed by atoms with van der Waals surface area (Å²) >= 11 is 0. The Kier molecular flexibility index (Phi) is 7.53. The average Bonchev–Trinajstić information content (AvgIpc) is 3.36. The molecule has 0 spiro atoms. The monoisotopic (exact) mass is 456 g/mol. The first kappa shape index (κ1) is 23.5. The lowest BCUT2D eigenvalue weighted by Gasteiger charge is -2.35. The number of amides is 4. The standard InChI is InChI=1S/C25H36N4O4/c1-18-16-29(17-19(2)33-18)24(31)22-7-5-20(6-8-22)15-26-23(30)21-9-13-28(14-10-21)25(32)27-11-3-4-12-27/h5-8,18-19,21H,3-4,9-17H2,1-2H3,(H,26,30). The number of benzene rings is 1. The molecule has 2 atom stereocenters. The first-order chi connectivity index (χ1) is 15.9. The van der Waals surface area contributed by atoms with Gasteiger partial charge in [-0.2, -0.15) is 0 Å². The maximum absolute atomic E-state index is 12.8. The Balaban J connectivity index is 1.22. The first-order valence-electron chi connectivity index (χ1n) is 12.3. The molecule has 3 aliphatic heterocycles. The van der Waals surface area contributed by atoms with E-state index in [1.807, 2.05) is 52.8 Å². The van der Waals surface area contributed by atoms with E-state index in [0.29, 0.717) is 51.1 Å². The van der Waals surface area contributed by atoms with Crippen molar-refractivity contribution in [1.82, 2.24) is 20.0 Å². The third-order valence-electron chi connectivity index (χ3n) is 6.89. The average molecular weight is 457 g/mol. The number of hydrogen-bond acceptors (Lipinski definition) is 4. The van der Waals surface area contributed by atoms with Crippen molar-refractivity contribution in [1.29, 1.82) is 0 Å². The predicted molar refractivity (Wildman–Crippen MR) is 125 cm³/mol. The molecule has 0 bridgehead atoms. The summed E-state index contributed by atoms with van der Waals surface area (Å²) in [4.78, 5) is 43.6. The molecule has 180 valence electrons. The van der Waals surface area contributed by atoms with E-state index in [4.69, 9.17) is 4.74 Å². The van der Waals surface area contributed by atoms with Gasteiger partial charge in [0.1, 0.15) is 0 Å². The Labute approximate surface area is 196 Å². The lowest BCUT2D eigenvalue weighted by Crippen LogP contribution is -2.48. The Morgan fingerprint density at radius 3 is 2.06 bits per heavy atom. The number of carbonyl (C=O) groups excluding carboxylic acids is 3. The van der Waals surface area contributed by atoms with E-state index >= 15 is 0 Å². The molecule has 3 aliphatic rings. The number of nitrogens with one attached hydrogen (secondary N) is 1. The fourth-order valence-electron chi connectivity index (χ4n) is 5.07. The van der Waals surface area contributed by atoms with E-state index in [2.05, 4.69) is 5.32 Å². The van der Waals surface area contributed by atoms with Gasteiger partial charge in [-0.25, -0.2) is 4.79 Å². The van der Waals surface area contributed by atoms with E-state index in [1.165, 1.54) is 0 Å². The normalized spacial score (nSPS) is 24.1. The van der Waals surface area contributed by atoms with Gasteiger partial charge < -0.3 is 24.8 Å². The maximum Gasteiger partial charge on any atom is 0.319 e. The summed E-state index contributed by atoms with van der Waals surface area (Å²) in [7, 11) is 0. The number of carbonyl (C=O) groups is 3.